The Bertz CT molecular complexity index is 665. The van der Waals surface area contributed by atoms with Gasteiger partial charge in [0.15, 0.2) is 0 Å². The van der Waals surface area contributed by atoms with Gasteiger partial charge in [0, 0.05) is 5.57 Å². The molecule has 0 radical (unpaired) electrons. The van der Waals surface area contributed by atoms with Crippen LogP contribution in [-0.4, -0.2) is 22.2 Å². The summed E-state index contributed by atoms with van der Waals surface area (Å²) in [4.78, 5) is 21.7. The summed E-state index contributed by atoms with van der Waals surface area (Å²) in [6.45, 7) is 0. The van der Waals surface area contributed by atoms with Crippen molar-refractivity contribution in [2.24, 2.45) is 0 Å². The van der Waals surface area contributed by atoms with Gasteiger partial charge < -0.3 is 10.2 Å². The van der Waals surface area contributed by atoms with E-state index in [-0.39, 0.29) is 5.57 Å². The van der Waals surface area contributed by atoms with Crippen LogP contribution in [0, 0.1) is 0 Å². The molecule has 0 aliphatic heterocycles. The lowest BCUT2D eigenvalue weighted by molar-refractivity contribution is -0.139. The van der Waals surface area contributed by atoms with Crippen molar-refractivity contribution in [1.82, 2.24) is 0 Å². The third kappa shape index (κ3) is 2.98. The standard InChI is InChI=1S/C15H12O4/c16-14(17)9-12(15(18)19)8-11-6-3-5-10-4-1-2-7-13(10)11/h1-8H,9H2,(H,16,17)(H,18,19)/b12-8+. The first kappa shape index (κ1) is 12.8. The Balaban J connectivity index is 2.54. The Kier molecular flexibility index (Phi) is 3.61. The van der Waals surface area contributed by atoms with Gasteiger partial charge in [-0.3, -0.25) is 4.79 Å². The second-order valence-electron chi connectivity index (χ2n) is 4.11. The quantitative estimate of drug-likeness (QED) is 0.825. The number of hydrogen-bond donors (Lipinski definition) is 2. The molecule has 96 valence electrons. The van der Waals surface area contributed by atoms with E-state index in [0.29, 0.717) is 5.56 Å². The minimum atomic E-state index is -1.21. The predicted molar refractivity (Wildman–Crippen MR) is 71.8 cm³/mol. The summed E-state index contributed by atoms with van der Waals surface area (Å²) >= 11 is 0. The van der Waals surface area contributed by atoms with Crippen LogP contribution in [0.25, 0.3) is 16.8 Å². The van der Waals surface area contributed by atoms with Crippen molar-refractivity contribution >= 4 is 28.8 Å². The summed E-state index contributed by atoms with van der Waals surface area (Å²) in [5.41, 5.74) is 0.570. The Morgan fingerprint density at radius 2 is 1.68 bits per heavy atom. The lowest BCUT2D eigenvalue weighted by atomic mass is 10.0. The molecule has 2 rings (SSSR count). The summed E-state index contributed by atoms with van der Waals surface area (Å²) in [5.74, 6) is -2.37. The maximum absolute atomic E-state index is 11.0. The molecule has 0 saturated carbocycles. The maximum atomic E-state index is 11.0. The maximum Gasteiger partial charge on any atom is 0.332 e. The molecule has 0 saturated heterocycles. The number of rotatable bonds is 4. The molecule has 4 nitrogen and oxygen atoms in total. The normalized spacial score (nSPS) is 11.5. The van der Waals surface area contributed by atoms with Crippen LogP contribution in [0.3, 0.4) is 0 Å². The number of carbonyl (C=O) groups is 2. The average Bonchev–Trinajstić information content (AvgIpc) is 2.37. The molecular formula is C15H12O4. The van der Waals surface area contributed by atoms with Crippen LogP contribution in [0.15, 0.2) is 48.0 Å². The van der Waals surface area contributed by atoms with E-state index in [1.165, 1.54) is 6.08 Å². The van der Waals surface area contributed by atoms with Gasteiger partial charge in [0.1, 0.15) is 0 Å². The Hall–Kier alpha value is -2.62. The van der Waals surface area contributed by atoms with Gasteiger partial charge in [0.05, 0.1) is 6.42 Å². The first-order chi connectivity index (χ1) is 9.08. The number of aliphatic carboxylic acids is 2. The molecule has 4 heteroatoms. The van der Waals surface area contributed by atoms with E-state index in [1.807, 2.05) is 36.4 Å². The highest BCUT2D eigenvalue weighted by molar-refractivity contribution is 6.00. The number of hydrogen-bond acceptors (Lipinski definition) is 2. The van der Waals surface area contributed by atoms with Crippen molar-refractivity contribution in [3.63, 3.8) is 0 Å². The molecule has 0 unspecified atom stereocenters. The van der Waals surface area contributed by atoms with Crippen LogP contribution in [0.4, 0.5) is 0 Å². The summed E-state index contributed by atoms with van der Waals surface area (Å²) in [6, 6.07) is 13.1. The highest BCUT2D eigenvalue weighted by atomic mass is 16.4. The van der Waals surface area contributed by atoms with Crippen molar-refractivity contribution < 1.29 is 19.8 Å². The Morgan fingerprint density at radius 1 is 1.00 bits per heavy atom. The largest absolute Gasteiger partial charge is 0.481 e. The van der Waals surface area contributed by atoms with Crippen molar-refractivity contribution in [3.05, 3.63) is 53.6 Å². The van der Waals surface area contributed by atoms with Gasteiger partial charge >= 0.3 is 11.9 Å². The molecule has 19 heavy (non-hydrogen) atoms. The van der Waals surface area contributed by atoms with Gasteiger partial charge in [0.25, 0.3) is 0 Å². The third-order valence-electron chi connectivity index (χ3n) is 2.77. The molecule has 0 aliphatic carbocycles. The summed E-state index contributed by atoms with van der Waals surface area (Å²) < 4.78 is 0. The summed E-state index contributed by atoms with van der Waals surface area (Å²) in [5, 5.41) is 19.6. The molecule has 0 spiro atoms. The molecule has 0 aromatic heterocycles. The lowest BCUT2D eigenvalue weighted by Gasteiger charge is -2.04. The molecule has 0 heterocycles. The first-order valence-corrected chi connectivity index (χ1v) is 5.71. The van der Waals surface area contributed by atoms with Gasteiger partial charge in [-0.25, -0.2) is 4.79 Å². The second-order valence-corrected chi connectivity index (χ2v) is 4.11. The van der Waals surface area contributed by atoms with Gasteiger partial charge in [-0.15, -0.1) is 0 Å². The van der Waals surface area contributed by atoms with Crippen molar-refractivity contribution in [1.29, 1.82) is 0 Å². The van der Waals surface area contributed by atoms with Crippen LogP contribution in [0.1, 0.15) is 12.0 Å². The van der Waals surface area contributed by atoms with Gasteiger partial charge in [-0.1, -0.05) is 42.5 Å². The van der Waals surface area contributed by atoms with E-state index in [4.69, 9.17) is 10.2 Å². The van der Waals surface area contributed by atoms with E-state index >= 15 is 0 Å². The van der Waals surface area contributed by atoms with Crippen molar-refractivity contribution in [2.45, 2.75) is 6.42 Å². The molecule has 0 aliphatic rings. The topological polar surface area (TPSA) is 74.6 Å². The van der Waals surface area contributed by atoms with Crippen LogP contribution in [0.5, 0.6) is 0 Å². The fraction of sp³-hybridized carbons (Fsp3) is 0.0667. The van der Waals surface area contributed by atoms with Crippen molar-refractivity contribution in [2.75, 3.05) is 0 Å². The van der Waals surface area contributed by atoms with Gasteiger partial charge in [-0.2, -0.15) is 0 Å². The fourth-order valence-electron chi connectivity index (χ4n) is 1.92. The summed E-state index contributed by atoms with van der Waals surface area (Å²) in [7, 11) is 0. The van der Waals surface area contributed by atoms with E-state index in [9.17, 15) is 9.59 Å². The molecule has 0 amide bonds. The fourth-order valence-corrected chi connectivity index (χ4v) is 1.92. The van der Waals surface area contributed by atoms with Crippen LogP contribution < -0.4 is 0 Å². The van der Waals surface area contributed by atoms with E-state index in [0.717, 1.165) is 10.8 Å². The SMILES string of the molecule is O=C(O)C/C(=C\c1cccc2ccccc12)C(=O)O. The van der Waals surface area contributed by atoms with Crippen LogP contribution >= 0.6 is 0 Å². The Morgan fingerprint density at radius 3 is 2.37 bits per heavy atom. The second kappa shape index (κ2) is 5.35. The smallest absolute Gasteiger partial charge is 0.332 e. The monoisotopic (exact) mass is 256 g/mol. The average molecular weight is 256 g/mol. The number of fused-ring (bicyclic) bond motifs is 1. The minimum Gasteiger partial charge on any atom is -0.481 e. The zero-order valence-corrected chi connectivity index (χ0v) is 10.0. The zero-order valence-electron chi connectivity index (χ0n) is 10.0. The van der Waals surface area contributed by atoms with Crippen molar-refractivity contribution in [3.8, 4) is 0 Å². The molecular weight excluding hydrogens is 244 g/mol. The van der Waals surface area contributed by atoms with Gasteiger partial charge in [0.2, 0.25) is 0 Å². The molecule has 2 N–H and O–H groups in total. The van der Waals surface area contributed by atoms with Gasteiger partial charge in [-0.05, 0) is 22.4 Å². The van der Waals surface area contributed by atoms with E-state index in [2.05, 4.69) is 0 Å². The molecule has 0 fully saturated rings. The van der Waals surface area contributed by atoms with E-state index < -0.39 is 18.4 Å². The summed E-state index contributed by atoms with van der Waals surface area (Å²) in [6.07, 6.45) is 0.914. The lowest BCUT2D eigenvalue weighted by Crippen LogP contribution is -2.06. The van der Waals surface area contributed by atoms with Crippen LogP contribution in [0.2, 0.25) is 0 Å². The molecule has 2 aromatic carbocycles. The highest BCUT2D eigenvalue weighted by Crippen LogP contribution is 2.21. The number of carboxylic acid groups (broad SMARTS) is 2. The number of benzene rings is 2. The van der Waals surface area contributed by atoms with E-state index in [1.54, 1.807) is 6.07 Å². The minimum absolute atomic E-state index is 0.135. The number of carboxylic acids is 2. The highest BCUT2D eigenvalue weighted by Gasteiger charge is 2.12. The zero-order chi connectivity index (χ0) is 13.8. The molecule has 2 aromatic rings. The Labute approximate surface area is 109 Å². The van der Waals surface area contributed by atoms with Crippen LogP contribution in [-0.2, 0) is 9.59 Å². The third-order valence-corrected chi connectivity index (χ3v) is 2.77. The molecule has 0 bridgehead atoms. The predicted octanol–water partition coefficient (Wildman–Crippen LogP) is 2.78. The molecule has 0 atom stereocenters. The first-order valence-electron chi connectivity index (χ1n) is 5.71.